The second-order valence-electron chi connectivity index (χ2n) is 9.40. The molecule has 5 rings (SSSR count). The molecular weight excluding hydrogens is 528 g/mol. The van der Waals surface area contributed by atoms with Crippen LogP contribution in [0.25, 0.3) is 10.8 Å². The van der Waals surface area contributed by atoms with Gasteiger partial charge in [-0.05, 0) is 61.6 Å². The maximum atomic E-state index is 12.5. The summed E-state index contributed by atoms with van der Waals surface area (Å²) in [5.74, 6) is 0.944. The smallest absolute Gasteiger partial charge is 0.238 e. The fourth-order valence-electron chi connectivity index (χ4n) is 4.82. The molecule has 37 heavy (non-hydrogen) atoms. The Balaban J connectivity index is 1.17. The molecule has 0 radical (unpaired) electrons. The fourth-order valence-corrected chi connectivity index (χ4v) is 5.22. The van der Waals surface area contributed by atoms with Crippen molar-refractivity contribution in [1.82, 2.24) is 20.1 Å². The molecule has 1 amide bonds. The second-order valence-corrected chi connectivity index (χ2v) is 10.3. The van der Waals surface area contributed by atoms with Gasteiger partial charge in [-0.2, -0.15) is 5.10 Å². The van der Waals surface area contributed by atoms with Crippen molar-refractivity contribution in [1.29, 1.82) is 0 Å². The normalized spacial score (nSPS) is 14.1. The van der Waals surface area contributed by atoms with E-state index < -0.39 is 0 Å². The van der Waals surface area contributed by atoms with Crippen LogP contribution >= 0.6 is 15.9 Å². The number of nitrogens with zero attached hydrogens (tertiary/aromatic N) is 5. The minimum absolute atomic E-state index is 0.00470. The van der Waals surface area contributed by atoms with Crippen molar-refractivity contribution < 1.29 is 4.79 Å². The summed E-state index contributed by atoms with van der Waals surface area (Å²) in [5.41, 5.74) is 3.19. The van der Waals surface area contributed by atoms with Crippen molar-refractivity contribution in [3.05, 3.63) is 88.8 Å². The molecular formula is C29H31BrN6O. The fraction of sp³-hybridized carbons (Fsp3) is 0.310. The van der Waals surface area contributed by atoms with Gasteiger partial charge >= 0.3 is 0 Å². The zero-order valence-electron chi connectivity index (χ0n) is 20.8. The van der Waals surface area contributed by atoms with Crippen LogP contribution in [0.2, 0.25) is 0 Å². The molecule has 7 nitrogen and oxygen atoms in total. The first-order valence-electron chi connectivity index (χ1n) is 12.8. The lowest BCUT2D eigenvalue weighted by Crippen LogP contribution is -2.49. The molecule has 1 N–H and O–H groups in total. The largest absolute Gasteiger partial charge is 0.352 e. The zero-order valence-corrected chi connectivity index (χ0v) is 22.4. The highest BCUT2D eigenvalue weighted by atomic mass is 79.9. The monoisotopic (exact) mass is 558 g/mol. The van der Waals surface area contributed by atoms with E-state index in [0.29, 0.717) is 6.54 Å². The Bertz CT molecular complexity index is 1340. The van der Waals surface area contributed by atoms with E-state index in [1.165, 1.54) is 10.9 Å². The Hall–Kier alpha value is -3.36. The van der Waals surface area contributed by atoms with E-state index in [1.807, 2.05) is 36.7 Å². The molecule has 0 bridgehead atoms. The molecule has 1 fully saturated rings. The van der Waals surface area contributed by atoms with Crippen LogP contribution in [0.5, 0.6) is 0 Å². The maximum absolute atomic E-state index is 12.5. The van der Waals surface area contributed by atoms with Crippen LogP contribution in [0.15, 0.2) is 77.5 Å². The summed E-state index contributed by atoms with van der Waals surface area (Å²) in [4.78, 5) is 21.1. The third-order valence-corrected chi connectivity index (χ3v) is 7.26. The number of carbonyl (C=O) groups excluding carboxylic acids is 1. The number of hydrogen-bond donors (Lipinski definition) is 1. The van der Waals surface area contributed by atoms with Gasteiger partial charge in [-0.15, -0.1) is 5.10 Å². The number of carbonyl (C=O) groups is 1. The van der Waals surface area contributed by atoms with Gasteiger partial charge in [0.1, 0.15) is 0 Å². The average Bonchev–Trinajstić information content (AvgIpc) is 2.92. The number of amides is 1. The number of nitrogens with one attached hydrogen (secondary N) is 1. The van der Waals surface area contributed by atoms with Gasteiger partial charge in [0.25, 0.3) is 0 Å². The quantitative estimate of drug-likeness (QED) is 0.287. The number of unbranched alkanes of at least 4 members (excludes halogenated alkanes) is 1. The second kappa shape index (κ2) is 12.3. The molecule has 0 unspecified atom stereocenters. The Kier molecular flexibility index (Phi) is 8.38. The Morgan fingerprint density at radius 3 is 2.41 bits per heavy atom. The Morgan fingerprint density at radius 1 is 0.865 bits per heavy atom. The number of rotatable bonds is 9. The van der Waals surface area contributed by atoms with Gasteiger partial charge in [0.15, 0.2) is 5.82 Å². The van der Waals surface area contributed by atoms with Crippen molar-refractivity contribution in [3.8, 4) is 0 Å². The van der Waals surface area contributed by atoms with Crippen molar-refractivity contribution in [2.24, 2.45) is 0 Å². The number of anilines is 2. The highest BCUT2D eigenvalue weighted by molar-refractivity contribution is 9.10. The van der Waals surface area contributed by atoms with Gasteiger partial charge in [0, 0.05) is 59.5 Å². The lowest BCUT2D eigenvalue weighted by Gasteiger charge is -2.35. The van der Waals surface area contributed by atoms with E-state index in [2.05, 4.69) is 82.6 Å². The molecule has 2 aromatic carbocycles. The summed E-state index contributed by atoms with van der Waals surface area (Å²) in [6.45, 7) is 3.62. The molecule has 190 valence electrons. The minimum Gasteiger partial charge on any atom is -0.352 e. The summed E-state index contributed by atoms with van der Waals surface area (Å²) in [6.07, 6.45) is 7.86. The molecule has 0 spiro atoms. The number of aryl methyl sites for hydroxylation is 2. The van der Waals surface area contributed by atoms with Crippen LogP contribution in [-0.4, -0.2) is 58.7 Å². The Labute approximate surface area is 226 Å². The highest BCUT2D eigenvalue weighted by Crippen LogP contribution is 2.27. The van der Waals surface area contributed by atoms with Crippen molar-refractivity contribution >= 4 is 44.1 Å². The first kappa shape index (κ1) is 25.3. The summed E-state index contributed by atoms with van der Waals surface area (Å²) >= 11 is 3.44. The van der Waals surface area contributed by atoms with Crippen LogP contribution in [-0.2, 0) is 17.6 Å². The number of aromatic nitrogens is 3. The van der Waals surface area contributed by atoms with E-state index in [-0.39, 0.29) is 5.91 Å². The van der Waals surface area contributed by atoms with Crippen molar-refractivity contribution in [3.63, 3.8) is 0 Å². The molecule has 1 saturated heterocycles. The molecule has 8 heteroatoms. The predicted molar refractivity (Wildman–Crippen MR) is 152 cm³/mol. The number of hydrogen-bond acceptors (Lipinski definition) is 6. The van der Waals surface area contributed by atoms with Gasteiger partial charge in [-0.25, -0.2) is 0 Å². The van der Waals surface area contributed by atoms with Gasteiger partial charge in [-0.1, -0.05) is 46.3 Å². The van der Waals surface area contributed by atoms with E-state index in [0.717, 1.165) is 78.9 Å². The average molecular weight is 560 g/mol. The summed E-state index contributed by atoms with van der Waals surface area (Å²) in [7, 11) is 0. The zero-order chi connectivity index (χ0) is 25.5. The van der Waals surface area contributed by atoms with Crippen LogP contribution in [0.4, 0.5) is 11.5 Å². The number of benzene rings is 2. The first-order chi connectivity index (χ1) is 18.2. The van der Waals surface area contributed by atoms with E-state index in [9.17, 15) is 4.79 Å². The summed E-state index contributed by atoms with van der Waals surface area (Å²) in [6, 6.07) is 20.3. The van der Waals surface area contributed by atoms with Crippen LogP contribution in [0, 0.1) is 0 Å². The molecule has 2 aromatic heterocycles. The van der Waals surface area contributed by atoms with Crippen molar-refractivity contribution in [2.45, 2.75) is 25.7 Å². The first-order valence-corrected chi connectivity index (χ1v) is 13.6. The Morgan fingerprint density at radius 2 is 1.62 bits per heavy atom. The molecule has 1 aliphatic heterocycles. The SMILES string of the molecule is O=C(CN1CCN(c2nnc(CCCCc3ccncc3)c3ccccc23)CC1)Nc1cccc(Br)c1. The minimum atomic E-state index is 0.00470. The molecule has 1 aliphatic rings. The lowest BCUT2D eigenvalue weighted by atomic mass is 10.0. The van der Waals surface area contributed by atoms with Crippen LogP contribution < -0.4 is 10.2 Å². The van der Waals surface area contributed by atoms with E-state index in [4.69, 9.17) is 0 Å². The van der Waals surface area contributed by atoms with Crippen LogP contribution in [0.1, 0.15) is 24.1 Å². The predicted octanol–water partition coefficient (Wildman–Crippen LogP) is 5.11. The highest BCUT2D eigenvalue weighted by Gasteiger charge is 2.22. The summed E-state index contributed by atoms with van der Waals surface area (Å²) < 4.78 is 0.947. The number of piperazine rings is 1. The molecule has 0 aliphatic carbocycles. The maximum Gasteiger partial charge on any atom is 0.238 e. The molecule has 3 heterocycles. The lowest BCUT2D eigenvalue weighted by molar-refractivity contribution is -0.117. The van der Waals surface area contributed by atoms with Gasteiger partial charge in [-0.3, -0.25) is 14.7 Å². The molecule has 0 saturated carbocycles. The third-order valence-electron chi connectivity index (χ3n) is 6.77. The summed E-state index contributed by atoms with van der Waals surface area (Å²) in [5, 5.41) is 14.7. The number of halogens is 1. The number of fused-ring (bicyclic) bond motifs is 1. The number of pyridine rings is 1. The van der Waals surface area contributed by atoms with Gasteiger partial charge in [0.05, 0.1) is 12.2 Å². The van der Waals surface area contributed by atoms with Gasteiger partial charge in [0.2, 0.25) is 5.91 Å². The standard InChI is InChI=1S/C29H31BrN6O/c30-23-7-5-8-24(20-23)32-28(37)21-35-16-18-36(19-17-35)29-26-10-3-2-9-25(26)27(33-34-29)11-4-1-6-22-12-14-31-15-13-22/h2-3,5,7-10,12-15,20H,1,4,6,11,16-19,21H2,(H,32,37). The van der Waals surface area contributed by atoms with Crippen LogP contribution in [0.3, 0.4) is 0 Å². The topological polar surface area (TPSA) is 74.2 Å². The van der Waals surface area contributed by atoms with Gasteiger partial charge < -0.3 is 10.2 Å². The third kappa shape index (κ3) is 6.70. The molecule has 4 aromatic rings. The van der Waals surface area contributed by atoms with E-state index >= 15 is 0 Å². The van der Waals surface area contributed by atoms with E-state index in [1.54, 1.807) is 0 Å². The molecule has 0 atom stereocenters. The van der Waals surface area contributed by atoms with Crippen molar-refractivity contribution in [2.75, 3.05) is 42.9 Å².